The molecule has 1 aromatic heterocycles. The number of fused-ring (bicyclic) bond motifs is 6. The lowest BCUT2D eigenvalue weighted by molar-refractivity contribution is 0.446. The molecule has 0 fully saturated rings. The Labute approximate surface area is 356 Å². The van der Waals surface area contributed by atoms with Crippen molar-refractivity contribution in [3.63, 3.8) is 0 Å². The Morgan fingerprint density at radius 2 is 1.11 bits per heavy atom. The molecule has 10 aromatic rings. The van der Waals surface area contributed by atoms with Crippen LogP contribution in [0.25, 0.3) is 76.6 Å². The molecule has 2 atom stereocenters. The minimum Gasteiger partial charge on any atom is -0.258 e. The van der Waals surface area contributed by atoms with Crippen LogP contribution in [0.15, 0.2) is 216 Å². The second kappa shape index (κ2) is 15.6. The molecule has 0 saturated heterocycles. The van der Waals surface area contributed by atoms with Gasteiger partial charge in [0.2, 0.25) is 0 Å². The van der Waals surface area contributed by atoms with E-state index in [0.717, 1.165) is 57.2 Å². The van der Waals surface area contributed by atoms with E-state index in [-0.39, 0.29) is 12.0 Å². The Morgan fingerprint density at radius 1 is 0.443 bits per heavy atom. The molecule has 0 aliphatic carbocycles. The van der Waals surface area contributed by atoms with Crippen molar-refractivity contribution < 1.29 is 0 Å². The maximum atomic E-state index is 5.69. The molecule has 3 heteroatoms. The molecule has 0 radical (unpaired) electrons. The fourth-order valence-corrected chi connectivity index (χ4v) is 9.36. The van der Waals surface area contributed by atoms with Crippen LogP contribution in [-0.4, -0.2) is 16.5 Å². The zero-order chi connectivity index (χ0) is 40.7. The lowest BCUT2D eigenvalue weighted by Gasteiger charge is -2.26. The van der Waals surface area contributed by atoms with Crippen LogP contribution < -0.4 is 0 Å². The number of para-hydroxylation sites is 1. The molecule has 2 heterocycles. The van der Waals surface area contributed by atoms with E-state index in [9.17, 15) is 0 Å². The average molecular weight is 782 g/mol. The summed E-state index contributed by atoms with van der Waals surface area (Å²) in [6.07, 6.45) is 3.77. The number of rotatable bonds is 6. The Bertz CT molecular complexity index is 3310. The fraction of sp³-hybridized carbons (Fsp3) is 0.0862. The van der Waals surface area contributed by atoms with Crippen molar-refractivity contribution in [1.82, 2.24) is 4.98 Å². The summed E-state index contributed by atoms with van der Waals surface area (Å²) >= 11 is 0. The summed E-state index contributed by atoms with van der Waals surface area (Å²) in [5, 5.41) is 8.39. The molecule has 61 heavy (non-hydrogen) atoms. The van der Waals surface area contributed by atoms with Gasteiger partial charge in [-0.25, -0.2) is 4.99 Å². The van der Waals surface area contributed by atoms with Gasteiger partial charge in [0.25, 0.3) is 0 Å². The van der Waals surface area contributed by atoms with Gasteiger partial charge in [0.1, 0.15) is 0 Å². The van der Waals surface area contributed by atoms with Crippen LogP contribution in [0.5, 0.6) is 0 Å². The SMILES string of the molecule is CC1CCC(c2ccc(-c3ccccc3)cc2-c2ccccc2)=NC(c2ccc3c(ccc4cnc5ccccc5c43)c2)=NC1c1ccc(-c2cccc3ccccc23)cc1. The van der Waals surface area contributed by atoms with Crippen molar-refractivity contribution in [1.29, 1.82) is 0 Å². The van der Waals surface area contributed by atoms with E-state index in [1.807, 2.05) is 6.20 Å². The first-order chi connectivity index (χ1) is 30.1. The van der Waals surface area contributed by atoms with Gasteiger partial charge in [-0.1, -0.05) is 189 Å². The number of nitrogens with zero attached hydrogens (tertiary/aromatic N) is 3. The summed E-state index contributed by atoms with van der Waals surface area (Å²) in [5.74, 6) is 1.02. The number of hydrogen-bond acceptors (Lipinski definition) is 3. The topological polar surface area (TPSA) is 37.6 Å². The lowest BCUT2D eigenvalue weighted by Crippen LogP contribution is -2.18. The first-order valence-electron chi connectivity index (χ1n) is 21.3. The molecular weight excluding hydrogens is 739 g/mol. The number of hydrogen-bond donors (Lipinski definition) is 0. The summed E-state index contributed by atoms with van der Waals surface area (Å²) in [6, 6.07) is 72.1. The van der Waals surface area contributed by atoms with Gasteiger partial charge in [0.15, 0.2) is 5.84 Å². The molecule has 9 aromatic carbocycles. The van der Waals surface area contributed by atoms with Crippen molar-refractivity contribution in [3.8, 4) is 33.4 Å². The minimum atomic E-state index is -0.0711. The predicted molar refractivity (Wildman–Crippen MR) is 258 cm³/mol. The molecule has 0 spiro atoms. The number of benzene rings is 9. The Kier molecular flexibility index (Phi) is 9.35. The van der Waals surface area contributed by atoms with E-state index < -0.39 is 0 Å². The monoisotopic (exact) mass is 781 g/mol. The highest BCUT2D eigenvalue weighted by atomic mass is 15.0. The molecule has 2 unspecified atom stereocenters. The normalized spacial score (nSPS) is 15.7. The maximum Gasteiger partial charge on any atom is 0.155 e. The van der Waals surface area contributed by atoms with Crippen molar-refractivity contribution >= 4 is 54.8 Å². The average Bonchev–Trinajstić information content (AvgIpc) is 3.33. The second-order valence-corrected chi connectivity index (χ2v) is 16.4. The van der Waals surface area contributed by atoms with Crippen LogP contribution in [0, 0.1) is 5.92 Å². The van der Waals surface area contributed by atoms with E-state index in [0.29, 0.717) is 0 Å². The quantitative estimate of drug-likeness (QED) is 0.155. The molecule has 11 rings (SSSR count). The van der Waals surface area contributed by atoms with Crippen LogP contribution in [0.4, 0.5) is 0 Å². The minimum absolute atomic E-state index is 0.0711. The number of amidine groups is 1. The highest BCUT2D eigenvalue weighted by molar-refractivity contribution is 6.21. The second-order valence-electron chi connectivity index (χ2n) is 16.4. The highest BCUT2D eigenvalue weighted by Crippen LogP contribution is 2.38. The highest BCUT2D eigenvalue weighted by Gasteiger charge is 2.25. The predicted octanol–water partition coefficient (Wildman–Crippen LogP) is 15.1. The molecule has 0 bridgehead atoms. The van der Waals surface area contributed by atoms with Crippen molar-refractivity contribution in [3.05, 3.63) is 223 Å². The van der Waals surface area contributed by atoms with Gasteiger partial charge >= 0.3 is 0 Å². The first-order valence-corrected chi connectivity index (χ1v) is 21.3. The van der Waals surface area contributed by atoms with E-state index in [1.54, 1.807) is 0 Å². The Hall–Kier alpha value is -7.49. The molecule has 3 nitrogen and oxygen atoms in total. The lowest BCUT2D eigenvalue weighted by atomic mass is 9.86. The third-order valence-electron chi connectivity index (χ3n) is 12.6. The summed E-state index contributed by atoms with van der Waals surface area (Å²) in [6.45, 7) is 2.36. The van der Waals surface area contributed by atoms with Crippen molar-refractivity contribution in [2.75, 3.05) is 0 Å². The molecular formula is C58H43N3. The molecule has 0 amide bonds. The van der Waals surface area contributed by atoms with Crippen LogP contribution in [0.2, 0.25) is 0 Å². The van der Waals surface area contributed by atoms with E-state index in [2.05, 4.69) is 207 Å². The largest absolute Gasteiger partial charge is 0.258 e. The van der Waals surface area contributed by atoms with Crippen LogP contribution >= 0.6 is 0 Å². The van der Waals surface area contributed by atoms with Crippen LogP contribution in [0.1, 0.15) is 42.5 Å². The molecule has 0 saturated carbocycles. The summed E-state index contributed by atoms with van der Waals surface area (Å²) in [7, 11) is 0. The van der Waals surface area contributed by atoms with Crippen LogP contribution in [-0.2, 0) is 0 Å². The van der Waals surface area contributed by atoms with Gasteiger partial charge in [0.05, 0.1) is 17.3 Å². The smallest absolute Gasteiger partial charge is 0.155 e. The van der Waals surface area contributed by atoms with Gasteiger partial charge in [-0.15, -0.1) is 0 Å². The summed E-state index contributed by atoms with van der Waals surface area (Å²) in [4.78, 5) is 16.1. The standard InChI is InChI=1S/C58H43N3/c1-38-23-34-55(51-33-30-44(39-13-4-2-5-14-39)36-53(51)41-15-6-3-7-16-41)60-58(46-31-32-50-45(35-46)28-29-47-37-59-54-22-11-10-20-52(54)56(47)50)61-57(38)43-26-24-42(25-27-43)49-21-12-18-40-17-8-9-19-48(40)49/h2-22,24-33,35-38,57H,23,34H2,1H3. The molecule has 1 aliphatic rings. The summed E-state index contributed by atoms with van der Waals surface area (Å²) < 4.78 is 0. The van der Waals surface area contributed by atoms with E-state index in [1.165, 1.54) is 60.5 Å². The molecule has 1 aliphatic heterocycles. The number of pyridine rings is 1. The zero-order valence-electron chi connectivity index (χ0n) is 34.0. The van der Waals surface area contributed by atoms with Crippen molar-refractivity contribution in [2.45, 2.75) is 25.8 Å². The van der Waals surface area contributed by atoms with Gasteiger partial charge in [-0.05, 0) is 97.4 Å². The van der Waals surface area contributed by atoms with Crippen molar-refractivity contribution in [2.24, 2.45) is 15.9 Å². The zero-order valence-corrected chi connectivity index (χ0v) is 34.0. The van der Waals surface area contributed by atoms with Gasteiger partial charge in [0, 0.05) is 33.5 Å². The van der Waals surface area contributed by atoms with E-state index in [4.69, 9.17) is 15.0 Å². The Balaban J connectivity index is 1.08. The van der Waals surface area contributed by atoms with E-state index >= 15 is 0 Å². The number of aliphatic imine (C=N–C) groups is 2. The van der Waals surface area contributed by atoms with Gasteiger partial charge in [-0.2, -0.15) is 0 Å². The van der Waals surface area contributed by atoms with Gasteiger partial charge < -0.3 is 0 Å². The number of aromatic nitrogens is 1. The van der Waals surface area contributed by atoms with Crippen LogP contribution in [0.3, 0.4) is 0 Å². The molecule has 290 valence electrons. The summed E-state index contributed by atoms with van der Waals surface area (Å²) in [5.41, 5.74) is 12.6. The third kappa shape index (κ3) is 6.88. The Morgan fingerprint density at radius 3 is 1.95 bits per heavy atom. The maximum absolute atomic E-state index is 5.69. The first kappa shape index (κ1) is 36.6. The fourth-order valence-electron chi connectivity index (χ4n) is 9.36. The third-order valence-corrected chi connectivity index (χ3v) is 12.6. The molecule has 0 N–H and O–H groups in total. The van der Waals surface area contributed by atoms with Gasteiger partial charge in [-0.3, -0.25) is 9.98 Å².